The van der Waals surface area contributed by atoms with Crippen molar-refractivity contribution in [1.29, 1.82) is 5.26 Å². The number of carbonyl (C=O) groups excluding carboxylic acids is 1. The number of hydrogen-bond donors (Lipinski definition) is 0. The number of anilines is 1. The van der Waals surface area contributed by atoms with E-state index in [4.69, 9.17) is 11.6 Å². The average Bonchev–Trinajstić information content (AvgIpc) is 2.73. The van der Waals surface area contributed by atoms with Crippen LogP contribution in [0.1, 0.15) is 23.5 Å². The summed E-state index contributed by atoms with van der Waals surface area (Å²) in [4.78, 5) is 15.9. The van der Waals surface area contributed by atoms with Gasteiger partial charge in [-0.1, -0.05) is 35.5 Å². The molecule has 1 amide bonds. The van der Waals surface area contributed by atoms with Crippen LogP contribution in [0.3, 0.4) is 0 Å². The third-order valence-electron chi connectivity index (χ3n) is 5.18. The Morgan fingerprint density at radius 2 is 1.94 bits per heavy atom. The molecule has 0 unspecified atom stereocenters. The monoisotopic (exact) mass is 467 g/mol. The normalized spacial score (nSPS) is 19.4. The van der Waals surface area contributed by atoms with Crippen LogP contribution >= 0.6 is 23.4 Å². The van der Waals surface area contributed by atoms with Gasteiger partial charge in [-0.05, 0) is 30.3 Å². The molecule has 4 nitrogen and oxygen atoms in total. The van der Waals surface area contributed by atoms with Gasteiger partial charge in [-0.3, -0.25) is 9.69 Å². The number of alkyl halides is 3. The number of halogens is 5. The number of thioether (sulfide) groups is 1. The Morgan fingerprint density at radius 3 is 2.61 bits per heavy atom. The molecule has 0 radical (unpaired) electrons. The van der Waals surface area contributed by atoms with E-state index >= 15 is 0 Å². The Hall–Kier alpha value is -2.70. The van der Waals surface area contributed by atoms with E-state index in [1.54, 1.807) is 4.90 Å². The number of carbonyl (C=O) groups is 1. The number of benzene rings is 2. The van der Waals surface area contributed by atoms with E-state index in [1.807, 2.05) is 0 Å². The van der Waals surface area contributed by atoms with Gasteiger partial charge in [-0.2, -0.15) is 18.4 Å². The first-order valence-corrected chi connectivity index (χ1v) is 10.5. The van der Waals surface area contributed by atoms with Crippen LogP contribution in [-0.4, -0.2) is 23.4 Å². The summed E-state index contributed by atoms with van der Waals surface area (Å²) in [7, 11) is 0. The van der Waals surface area contributed by atoms with E-state index in [1.165, 1.54) is 35.2 Å². The number of nitrogens with zero attached hydrogens (tertiary/aromatic N) is 3. The summed E-state index contributed by atoms with van der Waals surface area (Å²) in [5.74, 6) is -1.55. The molecule has 1 fully saturated rings. The average molecular weight is 468 g/mol. The molecule has 31 heavy (non-hydrogen) atoms. The smallest absolute Gasteiger partial charge is 0.344 e. The lowest BCUT2D eigenvalue weighted by Crippen LogP contribution is -2.47. The summed E-state index contributed by atoms with van der Waals surface area (Å²) >= 11 is 7.31. The van der Waals surface area contributed by atoms with Gasteiger partial charge in [0.2, 0.25) is 5.91 Å². The summed E-state index contributed by atoms with van der Waals surface area (Å²) < 4.78 is 53.6. The second-order valence-electron chi connectivity index (χ2n) is 7.05. The summed E-state index contributed by atoms with van der Waals surface area (Å²) in [6, 6.07) is 11.1. The second kappa shape index (κ2) is 8.09. The maximum Gasteiger partial charge on any atom is 0.416 e. The van der Waals surface area contributed by atoms with Crippen LogP contribution in [0.5, 0.6) is 0 Å². The fraction of sp³-hybridized carbons (Fsp3) is 0.238. The number of amides is 1. The van der Waals surface area contributed by atoms with Gasteiger partial charge in [0, 0.05) is 28.6 Å². The Balaban J connectivity index is 1.68. The Morgan fingerprint density at radius 1 is 1.19 bits per heavy atom. The molecule has 0 bridgehead atoms. The van der Waals surface area contributed by atoms with Crippen molar-refractivity contribution in [2.24, 2.45) is 0 Å². The minimum Gasteiger partial charge on any atom is -0.344 e. The highest BCUT2D eigenvalue weighted by Gasteiger charge is 2.40. The Labute approximate surface area is 184 Å². The number of rotatable bonds is 2. The van der Waals surface area contributed by atoms with Crippen molar-refractivity contribution < 1.29 is 22.4 Å². The van der Waals surface area contributed by atoms with E-state index in [-0.39, 0.29) is 41.0 Å². The zero-order valence-electron chi connectivity index (χ0n) is 15.8. The minimum absolute atomic E-state index is 0.00855. The fourth-order valence-corrected chi connectivity index (χ4v) is 5.16. The molecule has 0 N–H and O–H groups in total. The molecule has 2 aromatic carbocycles. The zero-order chi connectivity index (χ0) is 22.3. The first-order valence-electron chi connectivity index (χ1n) is 9.14. The number of hydrogen-bond acceptors (Lipinski definition) is 4. The molecule has 2 aromatic rings. The largest absolute Gasteiger partial charge is 0.416 e. The van der Waals surface area contributed by atoms with Gasteiger partial charge in [-0.25, -0.2) is 4.39 Å². The van der Waals surface area contributed by atoms with Gasteiger partial charge in [0.15, 0.2) is 0 Å². The molecule has 10 heteroatoms. The lowest BCUT2D eigenvalue weighted by Gasteiger charge is -2.42. The zero-order valence-corrected chi connectivity index (χ0v) is 17.4. The Kier molecular flexibility index (Phi) is 5.62. The topological polar surface area (TPSA) is 47.3 Å². The molecule has 0 spiro atoms. The van der Waals surface area contributed by atoms with Gasteiger partial charge in [0.05, 0.1) is 34.8 Å². The molecular weight excluding hydrogens is 454 g/mol. The quantitative estimate of drug-likeness (QED) is 0.530. The number of allylic oxidation sites excluding steroid dienone is 1. The van der Waals surface area contributed by atoms with Gasteiger partial charge in [-0.15, -0.1) is 0 Å². The van der Waals surface area contributed by atoms with Crippen LogP contribution in [0.4, 0.5) is 23.2 Å². The summed E-state index contributed by atoms with van der Waals surface area (Å²) in [5.41, 5.74) is -0.150. The van der Waals surface area contributed by atoms with E-state index in [0.717, 1.165) is 23.9 Å². The molecule has 2 aliphatic heterocycles. The number of fused-ring (bicyclic) bond motifs is 1. The predicted molar refractivity (Wildman–Crippen MR) is 110 cm³/mol. The molecule has 0 aromatic heterocycles. The molecule has 0 aliphatic carbocycles. The Bertz CT molecular complexity index is 1110. The molecule has 2 aliphatic rings. The molecule has 2 heterocycles. The predicted octanol–water partition coefficient (Wildman–Crippen LogP) is 5.72. The highest BCUT2D eigenvalue weighted by atomic mass is 35.5. The third-order valence-corrected chi connectivity index (χ3v) is 6.66. The van der Waals surface area contributed by atoms with Gasteiger partial charge >= 0.3 is 6.18 Å². The van der Waals surface area contributed by atoms with Gasteiger partial charge in [0.1, 0.15) is 5.82 Å². The summed E-state index contributed by atoms with van der Waals surface area (Å²) in [5, 5.41) is 10.3. The first-order chi connectivity index (χ1) is 14.7. The summed E-state index contributed by atoms with van der Waals surface area (Å²) in [6.45, 7) is -0.00855. The lowest BCUT2D eigenvalue weighted by molar-refractivity contribution is -0.137. The van der Waals surface area contributed by atoms with Crippen LogP contribution in [0.25, 0.3) is 0 Å². The maximum atomic E-state index is 14.5. The molecule has 160 valence electrons. The van der Waals surface area contributed by atoms with Crippen LogP contribution < -0.4 is 4.90 Å². The van der Waals surface area contributed by atoms with Crippen molar-refractivity contribution in [3.05, 3.63) is 75.0 Å². The number of nitriles is 1. The molecule has 0 saturated carbocycles. The van der Waals surface area contributed by atoms with E-state index < -0.39 is 23.5 Å². The van der Waals surface area contributed by atoms with Crippen LogP contribution in [0.15, 0.2) is 53.1 Å². The SMILES string of the molecule is N#CC1=C2SCN(c3cccc(C(F)(F)F)c3)CN2C(=O)C[C@H]1c1c(F)cccc1Cl. The highest BCUT2D eigenvalue weighted by molar-refractivity contribution is 8.03. The van der Waals surface area contributed by atoms with Gasteiger partial charge in [0.25, 0.3) is 0 Å². The second-order valence-corrected chi connectivity index (χ2v) is 8.39. The van der Waals surface area contributed by atoms with E-state index in [2.05, 4.69) is 6.07 Å². The molecule has 4 rings (SSSR count). The molecule has 1 atom stereocenters. The van der Waals surface area contributed by atoms with E-state index in [9.17, 15) is 27.6 Å². The maximum absolute atomic E-state index is 14.5. The summed E-state index contributed by atoms with van der Waals surface area (Å²) in [6.07, 6.45) is -4.64. The van der Waals surface area contributed by atoms with Gasteiger partial charge < -0.3 is 4.90 Å². The van der Waals surface area contributed by atoms with Crippen LogP contribution in [-0.2, 0) is 11.0 Å². The standard InChI is InChI=1S/C21H14ClF4N3OS/c22-16-5-2-6-17(23)19(16)14-8-18(30)29-10-28(11-31-20(29)15(14)9-27)13-4-1-3-12(7-13)21(24,25)26/h1-7,14H,8,10-11H2/t14-/m1/s1. The lowest BCUT2D eigenvalue weighted by atomic mass is 9.86. The van der Waals surface area contributed by atoms with Crippen molar-refractivity contribution in [2.45, 2.75) is 18.5 Å². The van der Waals surface area contributed by atoms with Crippen molar-refractivity contribution in [2.75, 3.05) is 17.4 Å². The molecular formula is C21H14ClF4N3OS. The van der Waals surface area contributed by atoms with Crippen LogP contribution in [0, 0.1) is 17.1 Å². The highest BCUT2D eigenvalue weighted by Crippen LogP contribution is 2.45. The van der Waals surface area contributed by atoms with Crippen molar-refractivity contribution in [1.82, 2.24) is 4.90 Å². The third kappa shape index (κ3) is 3.98. The fourth-order valence-electron chi connectivity index (χ4n) is 3.69. The first kappa shape index (κ1) is 21.5. The van der Waals surface area contributed by atoms with Crippen molar-refractivity contribution in [3.63, 3.8) is 0 Å². The molecule has 1 saturated heterocycles. The van der Waals surface area contributed by atoms with Crippen molar-refractivity contribution in [3.8, 4) is 6.07 Å². The van der Waals surface area contributed by atoms with Crippen LogP contribution in [0.2, 0.25) is 5.02 Å². The van der Waals surface area contributed by atoms with E-state index in [0.29, 0.717) is 10.7 Å². The minimum atomic E-state index is -4.48. The van der Waals surface area contributed by atoms with Crippen molar-refractivity contribution >= 4 is 35.0 Å².